The maximum absolute atomic E-state index is 12.4. The van der Waals surface area contributed by atoms with Crippen molar-refractivity contribution in [3.05, 3.63) is 79.3 Å². The molecule has 158 valence electrons. The molecular weight excluding hydrogens is 408 g/mol. The second kappa shape index (κ2) is 8.27. The molecule has 3 aromatic heterocycles. The van der Waals surface area contributed by atoms with E-state index in [0.717, 1.165) is 0 Å². The monoisotopic (exact) mass is 426 g/mol. The molecule has 0 bridgehead atoms. The van der Waals surface area contributed by atoms with Gasteiger partial charge >= 0.3 is 6.03 Å². The van der Waals surface area contributed by atoms with Crippen LogP contribution in [0, 0.1) is 0 Å². The number of carbonyl (C=O) groups excluding carboxylic acids is 1. The van der Waals surface area contributed by atoms with Gasteiger partial charge in [-0.1, -0.05) is 0 Å². The molecule has 0 unspecified atom stereocenters. The summed E-state index contributed by atoms with van der Waals surface area (Å²) in [6.07, 6.45) is 3.16. The number of aromatic nitrogens is 2. The standard InChI is InChI=1S/C24H18N4O4/c1-30-17-9-6-15(7-10-17)25-24(29)26-16-8-11-18-19(14-16)28-23(21-5-3-13-32-21)22(27-18)20-4-2-12-31-20/h2-14H,1H3,(H2,25,26,29). The van der Waals surface area contributed by atoms with Gasteiger partial charge in [0.25, 0.3) is 0 Å². The molecule has 32 heavy (non-hydrogen) atoms. The molecule has 0 aliphatic heterocycles. The third kappa shape index (κ3) is 3.89. The average molecular weight is 426 g/mol. The minimum atomic E-state index is -0.374. The lowest BCUT2D eigenvalue weighted by Gasteiger charge is -2.10. The van der Waals surface area contributed by atoms with E-state index in [2.05, 4.69) is 10.6 Å². The quantitative estimate of drug-likeness (QED) is 0.368. The van der Waals surface area contributed by atoms with E-state index in [-0.39, 0.29) is 6.03 Å². The first-order chi connectivity index (χ1) is 15.7. The summed E-state index contributed by atoms with van der Waals surface area (Å²) in [5, 5.41) is 5.60. The maximum atomic E-state index is 12.4. The minimum Gasteiger partial charge on any atom is -0.497 e. The number of hydrogen-bond donors (Lipinski definition) is 2. The molecule has 0 radical (unpaired) electrons. The maximum Gasteiger partial charge on any atom is 0.323 e. The van der Waals surface area contributed by atoms with Gasteiger partial charge in [-0.15, -0.1) is 0 Å². The molecule has 0 saturated carbocycles. The van der Waals surface area contributed by atoms with Crippen LogP contribution >= 0.6 is 0 Å². The van der Waals surface area contributed by atoms with Crippen molar-refractivity contribution in [1.29, 1.82) is 0 Å². The number of nitrogens with zero attached hydrogens (tertiary/aromatic N) is 2. The zero-order valence-corrected chi connectivity index (χ0v) is 17.0. The molecule has 2 aromatic carbocycles. The van der Waals surface area contributed by atoms with E-state index in [1.807, 2.05) is 12.1 Å². The fraction of sp³-hybridized carbons (Fsp3) is 0.0417. The number of rotatable bonds is 5. The van der Waals surface area contributed by atoms with Gasteiger partial charge in [0.15, 0.2) is 11.5 Å². The number of methoxy groups -OCH3 is 1. The molecule has 0 spiro atoms. The Bertz CT molecular complexity index is 1360. The SMILES string of the molecule is COc1ccc(NC(=O)Nc2ccc3nc(-c4ccco4)c(-c4ccco4)nc3c2)cc1. The Morgan fingerprint density at radius 2 is 1.38 bits per heavy atom. The van der Waals surface area contributed by atoms with Gasteiger partial charge in [-0.05, 0) is 66.7 Å². The Kier molecular flexibility index (Phi) is 5.01. The molecule has 8 heteroatoms. The number of furan rings is 2. The lowest BCUT2D eigenvalue weighted by molar-refractivity contribution is 0.262. The van der Waals surface area contributed by atoms with E-state index >= 15 is 0 Å². The highest BCUT2D eigenvalue weighted by molar-refractivity contribution is 6.01. The largest absolute Gasteiger partial charge is 0.497 e. The average Bonchev–Trinajstić information content (AvgIpc) is 3.53. The Hall–Kier alpha value is -4.59. The predicted octanol–water partition coefficient (Wildman–Crippen LogP) is 5.80. The second-order valence-corrected chi connectivity index (χ2v) is 6.89. The summed E-state index contributed by atoms with van der Waals surface area (Å²) in [5.74, 6) is 1.87. The Morgan fingerprint density at radius 3 is 1.97 bits per heavy atom. The topological polar surface area (TPSA) is 102 Å². The Labute approximate surface area is 182 Å². The van der Waals surface area contributed by atoms with Crippen LogP contribution in [0.15, 0.2) is 88.1 Å². The fourth-order valence-corrected chi connectivity index (χ4v) is 3.27. The highest BCUT2D eigenvalue weighted by Crippen LogP contribution is 2.32. The third-order valence-electron chi connectivity index (χ3n) is 4.78. The van der Waals surface area contributed by atoms with Crippen molar-refractivity contribution < 1.29 is 18.4 Å². The van der Waals surface area contributed by atoms with Crippen molar-refractivity contribution in [3.63, 3.8) is 0 Å². The third-order valence-corrected chi connectivity index (χ3v) is 4.78. The van der Waals surface area contributed by atoms with Crippen LogP contribution in [0.4, 0.5) is 16.2 Å². The molecule has 5 aromatic rings. The van der Waals surface area contributed by atoms with E-state index in [1.165, 1.54) is 0 Å². The lowest BCUT2D eigenvalue weighted by atomic mass is 10.1. The van der Waals surface area contributed by atoms with Crippen molar-refractivity contribution in [3.8, 4) is 28.7 Å². The molecular formula is C24H18N4O4. The van der Waals surface area contributed by atoms with E-state index in [9.17, 15) is 4.79 Å². The van der Waals surface area contributed by atoms with Gasteiger partial charge in [0.1, 0.15) is 17.1 Å². The second-order valence-electron chi connectivity index (χ2n) is 6.89. The first kappa shape index (κ1) is 19.4. The molecule has 2 amide bonds. The molecule has 5 rings (SSSR count). The minimum absolute atomic E-state index is 0.374. The fourth-order valence-electron chi connectivity index (χ4n) is 3.27. The number of anilines is 2. The smallest absolute Gasteiger partial charge is 0.323 e. The summed E-state index contributed by atoms with van der Waals surface area (Å²) in [6, 6.07) is 19.2. The van der Waals surface area contributed by atoms with Crippen molar-refractivity contribution in [2.45, 2.75) is 0 Å². The predicted molar refractivity (Wildman–Crippen MR) is 121 cm³/mol. The summed E-state index contributed by atoms with van der Waals surface area (Å²) in [4.78, 5) is 21.9. The van der Waals surface area contributed by atoms with Gasteiger partial charge < -0.3 is 24.2 Å². The van der Waals surface area contributed by atoms with Crippen molar-refractivity contribution in [2.24, 2.45) is 0 Å². The van der Waals surface area contributed by atoms with Crippen LogP contribution in [-0.4, -0.2) is 23.1 Å². The number of hydrogen-bond acceptors (Lipinski definition) is 6. The number of carbonyl (C=O) groups is 1. The van der Waals surface area contributed by atoms with Crippen molar-refractivity contribution in [1.82, 2.24) is 9.97 Å². The van der Waals surface area contributed by atoms with Crippen LogP contribution in [0.1, 0.15) is 0 Å². The zero-order valence-electron chi connectivity index (χ0n) is 17.0. The first-order valence-corrected chi connectivity index (χ1v) is 9.81. The van der Waals surface area contributed by atoms with Crippen LogP contribution in [0.5, 0.6) is 5.75 Å². The number of nitrogens with one attached hydrogen (secondary N) is 2. The van der Waals surface area contributed by atoms with Gasteiger partial charge in [-0.25, -0.2) is 14.8 Å². The van der Waals surface area contributed by atoms with E-state index in [1.54, 1.807) is 74.2 Å². The van der Waals surface area contributed by atoms with Gasteiger partial charge in [-0.2, -0.15) is 0 Å². The number of amides is 2. The molecule has 8 nitrogen and oxygen atoms in total. The zero-order chi connectivity index (χ0) is 21.9. The summed E-state index contributed by atoms with van der Waals surface area (Å²) >= 11 is 0. The molecule has 0 aliphatic rings. The number of benzene rings is 2. The highest BCUT2D eigenvalue weighted by atomic mass is 16.5. The van der Waals surface area contributed by atoms with Crippen molar-refractivity contribution in [2.75, 3.05) is 17.7 Å². The summed E-state index contributed by atoms with van der Waals surface area (Å²) in [6.45, 7) is 0. The van der Waals surface area contributed by atoms with Crippen molar-refractivity contribution >= 4 is 28.4 Å². The highest BCUT2D eigenvalue weighted by Gasteiger charge is 2.17. The van der Waals surface area contributed by atoms with Gasteiger partial charge in [-0.3, -0.25) is 0 Å². The lowest BCUT2D eigenvalue weighted by Crippen LogP contribution is -2.19. The van der Waals surface area contributed by atoms with E-state index in [0.29, 0.717) is 51.1 Å². The van der Waals surface area contributed by atoms with Crippen LogP contribution in [0.3, 0.4) is 0 Å². The van der Waals surface area contributed by atoms with E-state index in [4.69, 9.17) is 23.5 Å². The van der Waals surface area contributed by atoms with Gasteiger partial charge in [0, 0.05) is 11.4 Å². The number of urea groups is 1. The summed E-state index contributed by atoms with van der Waals surface area (Å²) in [5.41, 5.74) is 3.62. The normalized spacial score (nSPS) is 10.8. The van der Waals surface area contributed by atoms with Crippen LogP contribution in [-0.2, 0) is 0 Å². The van der Waals surface area contributed by atoms with Crippen LogP contribution in [0.25, 0.3) is 33.9 Å². The molecule has 2 N–H and O–H groups in total. The number of fused-ring (bicyclic) bond motifs is 1. The van der Waals surface area contributed by atoms with Gasteiger partial charge in [0.05, 0.1) is 30.7 Å². The first-order valence-electron chi connectivity index (χ1n) is 9.81. The van der Waals surface area contributed by atoms with Crippen LogP contribution < -0.4 is 15.4 Å². The van der Waals surface area contributed by atoms with E-state index < -0.39 is 0 Å². The Morgan fingerprint density at radius 1 is 0.781 bits per heavy atom. The summed E-state index contributed by atoms with van der Waals surface area (Å²) in [7, 11) is 1.59. The van der Waals surface area contributed by atoms with Crippen LogP contribution in [0.2, 0.25) is 0 Å². The summed E-state index contributed by atoms with van der Waals surface area (Å²) < 4.78 is 16.2. The van der Waals surface area contributed by atoms with Gasteiger partial charge in [0.2, 0.25) is 0 Å². The molecule has 0 fully saturated rings. The molecule has 0 atom stereocenters. The molecule has 3 heterocycles. The molecule has 0 aliphatic carbocycles. The number of ether oxygens (including phenoxy) is 1. The molecule has 0 saturated heterocycles. The Balaban J connectivity index is 1.44.